The van der Waals surface area contributed by atoms with E-state index in [1.807, 2.05) is 0 Å². The van der Waals surface area contributed by atoms with Gasteiger partial charge in [0.25, 0.3) is 0 Å². The van der Waals surface area contributed by atoms with Gasteiger partial charge in [0.05, 0.1) is 5.56 Å². The van der Waals surface area contributed by atoms with E-state index < -0.39 is 11.7 Å². The van der Waals surface area contributed by atoms with E-state index in [0.29, 0.717) is 5.56 Å². The molecule has 76 valence electrons. The van der Waals surface area contributed by atoms with Crippen LogP contribution in [-0.4, -0.2) is 13.3 Å². The van der Waals surface area contributed by atoms with Gasteiger partial charge in [-0.15, -0.1) is 0 Å². The Balaban J connectivity index is 3.22. The average Bonchev–Trinajstić information content (AvgIpc) is 2.07. The van der Waals surface area contributed by atoms with Crippen molar-refractivity contribution >= 4 is 6.21 Å². The summed E-state index contributed by atoms with van der Waals surface area (Å²) in [6.07, 6.45) is -2.89. The number of alkyl halides is 3. The van der Waals surface area contributed by atoms with Gasteiger partial charge in [-0.05, 0) is 24.1 Å². The number of aliphatic imine (C=N–C) groups is 1. The molecule has 4 heteroatoms. The Morgan fingerprint density at radius 1 is 1.29 bits per heavy atom. The largest absolute Gasteiger partial charge is 0.416 e. The third kappa shape index (κ3) is 2.34. The highest BCUT2D eigenvalue weighted by atomic mass is 19.4. The van der Waals surface area contributed by atoms with Crippen molar-refractivity contribution in [2.75, 3.05) is 7.05 Å². The van der Waals surface area contributed by atoms with Crippen LogP contribution in [0.1, 0.15) is 16.7 Å². The molecule has 0 radical (unpaired) electrons. The highest BCUT2D eigenvalue weighted by Gasteiger charge is 2.32. The van der Waals surface area contributed by atoms with Crippen LogP contribution >= 0.6 is 0 Å². The van der Waals surface area contributed by atoms with E-state index in [-0.39, 0.29) is 5.56 Å². The second-order valence-corrected chi connectivity index (χ2v) is 2.96. The van der Waals surface area contributed by atoms with Crippen molar-refractivity contribution in [1.82, 2.24) is 0 Å². The van der Waals surface area contributed by atoms with Gasteiger partial charge in [0.1, 0.15) is 0 Å². The van der Waals surface area contributed by atoms with Crippen LogP contribution < -0.4 is 0 Å². The van der Waals surface area contributed by atoms with E-state index in [4.69, 9.17) is 0 Å². The van der Waals surface area contributed by atoms with Crippen molar-refractivity contribution in [3.05, 3.63) is 34.9 Å². The van der Waals surface area contributed by atoms with Gasteiger partial charge in [-0.25, -0.2) is 0 Å². The molecule has 0 atom stereocenters. The third-order valence-electron chi connectivity index (χ3n) is 1.85. The summed E-state index contributed by atoms with van der Waals surface area (Å²) < 4.78 is 37.3. The molecule has 0 amide bonds. The zero-order valence-electron chi connectivity index (χ0n) is 7.89. The highest BCUT2D eigenvalue weighted by molar-refractivity contribution is 5.80. The fourth-order valence-corrected chi connectivity index (χ4v) is 1.17. The van der Waals surface area contributed by atoms with E-state index in [1.54, 1.807) is 6.07 Å². The molecule has 1 nitrogen and oxygen atoms in total. The first kappa shape index (κ1) is 10.8. The second-order valence-electron chi connectivity index (χ2n) is 2.96. The number of benzene rings is 1. The van der Waals surface area contributed by atoms with Gasteiger partial charge >= 0.3 is 6.18 Å². The molecule has 1 aromatic rings. The summed E-state index contributed by atoms with van der Waals surface area (Å²) in [5, 5.41) is 0. The first-order valence-electron chi connectivity index (χ1n) is 4.05. The van der Waals surface area contributed by atoms with Gasteiger partial charge in [-0.2, -0.15) is 13.2 Å². The molecule has 0 aromatic heterocycles. The predicted octanol–water partition coefficient (Wildman–Crippen LogP) is 3.06. The van der Waals surface area contributed by atoms with Crippen LogP contribution in [-0.2, 0) is 6.18 Å². The quantitative estimate of drug-likeness (QED) is 0.619. The highest BCUT2D eigenvalue weighted by Crippen LogP contribution is 2.31. The van der Waals surface area contributed by atoms with Crippen molar-refractivity contribution in [3.8, 4) is 0 Å². The summed E-state index contributed by atoms with van der Waals surface area (Å²) in [5.41, 5.74) is 0.0890. The molecule has 0 saturated carbocycles. The zero-order valence-corrected chi connectivity index (χ0v) is 7.89. The standard InChI is InChI=1S/C10H10F3N/c1-7-3-4-8(6-14-2)5-9(7)10(11,12)13/h3-6H,1-2H3. The first-order valence-corrected chi connectivity index (χ1v) is 4.05. The maximum atomic E-state index is 12.4. The summed E-state index contributed by atoms with van der Waals surface area (Å²) in [6, 6.07) is 4.15. The zero-order chi connectivity index (χ0) is 10.8. The van der Waals surface area contributed by atoms with E-state index >= 15 is 0 Å². The molecule has 0 unspecified atom stereocenters. The average molecular weight is 201 g/mol. The molecule has 0 bridgehead atoms. The van der Waals surface area contributed by atoms with Crippen LogP contribution in [0.4, 0.5) is 13.2 Å². The molecule has 0 N–H and O–H groups in total. The Labute approximate surface area is 80.3 Å². The molecule has 0 fully saturated rings. The Kier molecular flexibility index (Phi) is 2.93. The molecule has 14 heavy (non-hydrogen) atoms. The number of nitrogens with zero attached hydrogens (tertiary/aromatic N) is 1. The molecule has 0 spiro atoms. The van der Waals surface area contributed by atoms with E-state index in [9.17, 15) is 13.2 Å². The lowest BCUT2D eigenvalue weighted by Crippen LogP contribution is -2.07. The van der Waals surface area contributed by atoms with Crippen LogP contribution in [0.3, 0.4) is 0 Å². The van der Waals surface area contributed by atoms with Gasteiger partial charge in [-0.3, -0.25) is 4.99 Å². The molecule has 0 saturated heterocycles. The fourth-order valence-electron chi connectivity index (χ4n) is 1.17. The van der Waals surface area contributed by atoms with Gasteiger partial charge in [0.2, 0.25) is 0 Å². The molecule has 1 rings (SSSR count). The minimum atomic E-state index is -4.29. The lowest BCUT2D eigenvalue weighted by molar-refractivity contribution is -0.138. The van der Waals surface area contributed by atoms with Crippen molar-refractivity contribution in [2.24, 2.45) is 4.99 Å². The summed E-state index contributed by atoms with van der Waals surface area (Å²) in [5.74, 6) is 0. The molecular formula is C10H10F3N. The maximum absolute atomic E-state index is 12.4. The van der Waals surface area contributed by atoms with Crippen molar-refractivity contribution in [2.45, 2.75) is 13.1 Å². The molecule has 0 heterocycles. The summed E-state index contributed by atoms with van der Waals surface area (Å²) in [6.45, 7) is 1.44. The number of halogens is 3. The van der Waals surface area contributed by atoms with Crippen LogP contribution in [0, 0.1) is 6.92 Å². The minimum absolute atomic E-state index is 0.228. The van der Waals surface area contributed by atoms with Gasteiger partial charge in [0.15, 0.2) is 0 Å². The predicted molar refractivity (Wildman–Crippen MR) is 49.7 cm³/mol. The van der Waals surface area contributed by atoms with Crippen molar-refractivity contribution in [1.29, 1.82) is 0 Å². The number of hydrogen-bond acceptors (Lipinski definition) is 1. The second kappa shape index (κ2) is 3.82. The number of rotatable bonds is 1. The Morgan fingerprint density at radius 2 is 1.93 bits per heavy atom. The van der Waals surface area contributed by atoms with Gasteiger partial charge in [0, 0.05) is 13.3 Å². The lowest BCUT2D eigenvalue weighted by Gasteiger charge is -2.10. The minimum Gasteiger partial charge on any atom is -0.296 e. The topological polar surface area (TPSA) is 12.4 Å². The van der Waals surface area contributed by atoms with Crippen LogP contribution in [0.5, 0.6) is 0 Å². The molecule has 0 aliphatic heterocycles. The monoisotopic (exact) mass is 201 g/mol. The van der Waals surface area contributed by atoms with Crippen LogP contribution in [0.25, 0.3) is 0 Å². The van der Waals surface area contributed by atoms with E-state index in [1.165, 1.54) is 26.3 Å². The Morgan fingerprint density at radius 3 is 2.43 bits per heavy atom. The van der Waals surface area contributed by atoms with Crippen molar-refractivity contribution < 1.29 is 13.2 Å². The summed E-state index contributed by atoms with van der Waals surface area (Å²) in [7, 11) is 1.52. The fraction of sp³-hybridized carbons (Fsp3) is 0.300. The summed E-state index contributed by atoms with van der Waals surface area (Å²) >= 11 is 0. The molecular weight excluding hydrogens is 191 g/mol. The smallest absolute Gasteiger partial charge is 0.296 e. The first-order chi connectivity index (χ1) is 6.45. The molecule has 1 aromatic carbocycles. The number of hydrogen-bond donors (Lipinski definition) is 0. The SMILES string of the molecule is CN=Cc1ccc(C)c(C(F)(F)F)c1. The molecule has 0 aliphatic rings. The molecule has 0 aliphatic carbocycles. The van der Waals surface area contributed by atoms with Gasteiger partial charge < -0.3 is 0 Å². The maximum Gasteiger partial charge on any atom is 0.416 e. The summed E-state index contributed by atoms with van der Waals surface area (Å²) in [4.78, 5) is 3.67. The Hall–Kier alpha value is -1.32. The van der Waals surface area contributed by atoms with E-state index in [0.717, 1.165) is 6.07 Å². The van der Waals surface area contributed by atoms with Crippen LogP contribution in [0.15, 0.2) is 23.2 Å². The van der Waals surface area contributed by atoms with Crippen LogP contribution in [0.2, 0.25) is 0 Å². The van der Waals surface area contributed by atoms with Gasteiger partial charge in [-0.1, -0.05) is 12.1 Å². The normalized spacial score (nSPS) is 12.4. The number of aryl methyl sites for hydroxylation is 1. The Bertz CT molecular complexity index is 353. The van der Waals surface area contributed by atoms with Crippen molar-refractivity contribution in [3.63, 3.8) is 0 Å². The third-order valence-corrected chi connectivity index (χ3v) is 1.85. The lowest BCUT2D eigenvalue weighted by atomic mass is 10.1. The van der Waals surface area contributed by atoms with E-state index in [2.05, 4.69) is 4.99 Å².